The molecule has 1 nitrogen and oxygen atoms in total. The van der Waals surface area contributed by atoms with Gasteiger partial charge in [0.05, 0.1) is 5.69 Å². The second kappa shape index (κ2) is 5.65. The van der Waals surface area contributed by atoms with Crippen LogP contribution in [0.15, 0.2) is 47.5 Å². The van der Waals surface area contributed by atoms with Gasteiger partial charge in [-0.2, -0.15) is 0 Å². The fourth-order valence-corrected chi connectivity index (χ4v) is 2.09. The number of hydrogen-bond acceptors (Lipinski definition) is 1. The van der Waals surface area contributed by atoms with Crippen LogP contribution < -0.4 is 0 Å². The summed E-state index contributed by atoms with van der Waals surface area (Å²) in [5.41, 5.74) is 3.06. The minimum absolute atomic E-state index is 0.752. The molecule has 0 bridgehead atoms. The van der Waals surface area contributed by atoms with Crippen molar-refractivity contribution in [3.8, 4) is 0 Å². The quantitative estimate of drug-likeness (QED) is 0.531. The second-order valence-corrected chi connectivity index (χ2v) is 5.28. The molecule has 0 spiro atoms. The SMILES string of the molecule is Cc1ccc(N=Cc2ccccc2I)cc1Cl. The first-order valence-corrected chi connectivity index (χ1v) is 6.67. The van der Waals surface area contributed by atoms with Crippen LogP contribution in [0.3, 0.4) is 0 Å². The van der Waals surface area contributed by atoms with Crippen molar-refractivity contribution in [2.45, 2.75) is 6.92 Å². The third kappa shape index (κ3) is 3.30. The Hall–Kier alpha value is -0.870. The molecule has 86 valence electrons. The molecule has 0 saturated carbocycles. The van der Waals surface area contributed by atoms with E-state index < -0.39 is 0 Å². The smallest absolute Gasteiger partial charge is 0.0644 e. The molecule has 0 amide bonds. The number of aliphatic imine (C=N–C) groups is 1. The van der Waals surface area contributed by atoms with Gasteiger partial charge in [0.2, 0.25) is 0 Å². The molecule has 0 fully saturated rings. The monoisotopic (exact) mass is 355 g/mol. The molecule has 0 aromatic heterocycles. The molecule has 0 radical (unpaired) electrons. The topological polar surface area (TPSA) is 12.4 Å². The van der Waals surface area contributed by atoms with Crippen LogP contribution in [0.5, 0.6) is 0 Å². The van der Waals surface area contributed by atoms with Gasteiger partial charge in [0.1, 0.15) is 0 Å². The van der Waals surface area contributed by atoms with Crippen LogP contribution in [-0.2, 0) is 0 Å². The summed E-state index contributed by atoms with van der Waals surface area (Å²) >= 11 is 8.35. The third-order valence-corrected chi connectivity index (χ3v) is 3.80. The van der Waals surface area contributed by atoms with Gasteiger partial charge in [0, 0.05) is 20.4 Å². The van der Waals surface area contributed by atoms with Gasteiger partial charge in [-0.3, -0.25) is 4.99 Å². The van der Waals surface area contributed by atoms with Crippen molar-refractivity contribution in [3.05, 3.63) is 62.2 Å². The standard InChI is InChI=1S/C14H11ClIN/c1-10-6-7-12(8-13(10)15)17-9-11-4-2-3-5-14(11)16/h2-9H,1H3. The Labute approximate surface area is 120 Å². The van der Waals surface area contributed by atoms with Crippen molar-refractivity contribution in [1.82, 2.24) is 0 Å². The maximum Gasteiger partial charge on any atom is 0.0644 e. The number of benzene rings is 2. The zero-order valence-electron chi connectivity index (χ0n) is 9.32. The highest BCUT2D eigenvalue weighted by Gasteiger charge is 1.97. The van der Waals surface area contributed by atoms with E-state index in [2.05, 4.69) is 33.6 Å². The zero-order valence-corrected chi connectivity index (χ0v) is 12.2. The molecule has 0 N–H and O–H groups in total. The Bertz CT molecular complexity index is 564. The Kier molecular flexibility index (Phi) is 4.18. The summed E-state index contributed by atoms with van der Waals surface area (Å²) in [6.07, 6.45) is 1.86. The van der Waals surface area contributed by atoms with Crippen LogP contribution in [0, 0.1) is 10.5 Å². The van der Waals surface area contributed by atoms with E-state index in [0.717, 1.165) is 21.8 Å². The van der Waals surface area contributed by atoms with Crippen molar-refractivity contribution in [3.63, 3.8) is 0 Å². The number of halogens is 2. The van der Waals surface area contributed by atoms with E-state index in [1.165, 1.54) is 3.57 Å². The molecular weight excluding hydrogens is 345 g/mol. The first-order valence-electron chi connectivity index (χ1n) is 5.21. The van der Waals surface area contributed by atoms with Crippen molar-refractivity contribution < 1.29 is 0 Å². The maximum absolute atomic E-state index is 6.05. The highest BCUT2D eigenvalue weighted by atomic mass is 127. The van der Waals surface area contributed by atoms with Gasteiger partial charge in [-0.25, -0.2) is 0 Å². The summed E-state index contributed by atoms with van der Waals surface area (Å²) < 4.78 is 1.19. The normalized spacial score (nSPS) is 11.0. The van der Waals surface area contributed by atoms with Gasteiger partial charge in [0.15, 0.2) is 0 Å². The van der Waals surface area contributed by atoms with Crippen LogP contribution in [-0.4, -0.2) is 6.21 Å². The molecule has 2 aromatic carbocycles. The Balaban J connectivity index is 2.26. The highest BCUT2D eigenvalue weighted by Crippen LogP contribution is 2.22. The molecule has 2 aromatic rings. The summed E-state index contributed by atoms with van der Waals surface area (Å²) in [6.45, 7) is 1.98. The summed E-state index contributed by atoms with van der Waals surface area (Å²) in [5.74, 6) is 0. The maximum atomic E-state index is 6.05. The number of rotatable bonds is 2. The number of hydrogen-bond donors (Lipinski definition) is 0. The summed E-state index contributed by atoms with van der Waals surface area (Å²) in [5, 5.41) is 0.752. The number of nitrogens with zero attached hydrogens (tertiary/aromatic N) is 1. The molecule has 17 heavy (non-hydrogen) atoms. The lowest BCUT2D eigenvalue weighted by atomic mass is 10.2. The Morgan fingerprint density at radius 3 is 2.65 bits per heavy atom. The lowest BCUT2D eigenvalue weighted by Gasteiger charge is -1.99. The van der Waals surface area contributed by atoms with Crippen LogP contribution in [0.2, 0.25) is 5.02 Å². The minimum Gasteiger partial charge on any atom is -0.256 e. The molecule has 0 unspecified atom stereocenters. The van der Waals surface area contributed by atoms with Crippen LogP contribution in [0.25, 0.3) is 0 Å². The summed E-state index contributed by atoms with van der Waals surface area (Å²) in [7, 11) is 0. The van der Waals surface area contributed by atoms with Crippen molar-refractivity contribution in [2.75, 3.05) is 0 Å². The minimum atomic E-state index is 0.752. The van der Waals surface area contributed by atoms with Crippen molar-refractivity contribution >= 4 is 46.1 Å². The van der Waals surface area contributed by atoms with Gasteiger partial charge in [0.25, 0.3) is 0 Å². The first-order chi connectivity index (χ1) is 8.16. The predicted octanol–water partition coefficient (Wildman–Crippen LogP) is 5.00. The van der Waals surface area contributed by atoms with E-state index in [1.54, 1.807) is 0 Å². The summed E-state index contributed by atoms with van der Waals surface area (Å²) in [6, 6.07) is 13.9. The molecule has 2 rings (SSSR count). The van der Waals surface area contributed by atoms with Gasteiger partial charge >= 0.3 is 0 Å². The largest absolute Gasteiger partial charge is 0.256 e. The predicted molar refractivity (Wildman–Crippen MR) is 82.6 cm³/mol. The third-order valence-electron chi connectivity index (χ3n) is 2.41. The first kappa shape index (κ1) is 12.6. The molecule has 3 heteroatoms. The Morgan fingerprint density at radius 1 is 1.18 bits per heavy atom. The molecular formula is C14H11ClIN. The lowest BCUT2D eigenvalue weighted by Crippen LogP contribution is -1.84. The van der Waals surface area contributed by atoms with E-state index in [9.17, 15) is 0 Å². The average molecular weight is 356 g/mol. The Morgan fingerprint density at radius 2 is 1.94 bits per heavy atom. The fraction of sp³-hybridized carbons (Fsp3) is 0.0714. The van der Waals surface area contributed by atoms with Gasteiger partial charge in [-0.05, 0) is 53.3 Å². The highest BCUT2D eigenvalue weighted by molar-refractivity contribution is 14.1. The molecule has 0 aliphatic carbocycles. The van der Waals surface area contributed by atoms with E-state index in [0.29, 0.717) is 0 Å². The fourth-order valence-electron chi connectivity index (χ4n) is 1.39. The van der Waals surface area contributed by atoms with Crippen molar-refractivity contribution in [2.24, 2.45) is 4.99 Å². The van der Waals surface area contributed by atoms with Crippen LogP contribution >= 0.6 is 34.2 Å². The van der Waals surface area contributed by atoms with E-state index in [-0.39, 0.29) is 0 Å². The van der Waals surface area contributed by atoms with E-state index in [4.69, 9.17) is 11.6 Å². The number of aryl methyl sites for hydroxylation is 1. The lowest BCUT2D eigenvalue weighted by molar-refractivity contribution is 1.43. The summed E-state index contributed by atoms with van der Waals surface area (Å²) in [4.78, 5) is 4.43. The molecule has 0 heterocycles. The van der Waals surface area contributed by atoms with Gasteiger partial charge < -0.3 is 0 Å². The van der Waals surface area contributed by atoms with Crippen LogP contribution in [0.4, 0.5) is 5.69 Å². The van der Waals surface area contributed by atoms with E-state index in [1.807, 2.05) is 49.5 Å². The molecule has 0 saturated heterocycles. The average Bonchev–Trinajstić information content (AvgIpc) is 2.32. The molecule has 0 aliphatic rings. The van der Waals surface area contributed by atoms with E-state index >= 15 is 0 Å². The van der Waals surface area contributed by atoms with Gasteiger partial charge in [-0.15, -0.1) is 0 Å². The molecule has 0 atom stereocenters. The van der Waals surface area contributed by atoms with Crippen molar-refractivity contribution in [1.29, 1.82) is 0 Å². The van der Waals surface area contributed by atoms with Gasteiger partial charge in [-0.1, -0.05) is 35.9 Å². The van der Waals surface area contributed by atoms with Crippen LogP contribution in [0.1, 0.15) is 11.1 Å². The molecule has 0 aliphatic heterocycles. The zero-order chi connectivity index (χ0) is 12.3. The second-order valence-electron chi connectivity index (χ2n) is 3.71.